The van der Waals surface area contributed by atoms with Crippen LogP contribution in [0.3, 0.4) is 0 Å². The quantitative estimate of drug-likeness (QED) is 0.483. The lowest BCUT2D eigenvalue weighted by Gasteiger charge is -2.39. The number of alkyl halides is 2. The second-order valence-electron chi connectivity index (χ2n) is 6.57. The first-order valence-corrected chi connectivity index (χ1v) is 9.91. The number of aliphatic imine (C=N–C) groups is 1. The highest BCUT2D eigenvalue weighted by atomic mass is 28.4. The van der Waals surface area contributed by atoms with Crippen LogP contribution in [0.25, 0.3) is 0 Å². The normalized spacial score (nSPS) is 17.2. The average molecular weight is 293 g/mol. The standard InChI is InChI=1S/C14H29F2NOSi/c1-8-9-12(17-10-13(15)16)11(2)18-19(6,7)14(3,4)5/h10-13H,8-9H2,1-7H3. The lowest BCUT2D eigenvalue weighted by molar-refractivity contribution is 0.164. The summed E-state index contributed by atoms with van der Waals surface area (Å²) in [6.45, 7) is 14.8. The molecular formula is C14H29F2NOSi. The monoisotopic (exact) mass is 293 g/mol. The number of nitrogens with zero attached hydrogens (tertiary/aromatic N) is 1. The van der Waals surface area contributed by atoms with E-state index in [-0.39, 0.29) is 17.2 Å². The Balaban J connectivity index is 4.78. The van der Waals surface area contributed by atoms with E-state index in [9.17, 15) is 8.78 Å². The molecule has 114 valence electrons. The molecule has 0 aromatic carbocycles. The molecule has 0 aromatic rings. The maximum Gasteiger partial charge on any atom is 0.273 e. The van der Waals surface area contributed by atoms with E-state index in [1.807, 2.05) is 13.8 Å². The van der Waals surface area contributed by atoms with Gasteiger partial charge in [0.15, 0.2) is 8.32 Å². The third-order valence-electron chi connectivity index (χ3n) is 3.80. The van der Waals surface area contributed by atoms with Crippen molar-refractivity contribution in [3.05, 3.63) is 0 Å². The molecule has 5 heteroatoms. The van der Waals surface area contributed by atoms with Gasteiger partial charge in [-0.1, -0.05) is 34.1 Å². The van der Waals surface area contributed by atoms with Gasteiger partial charge in [0, 0.05) is 0 Å². The molecule has 0 aliphatic heterocycles. The highest BCUT2D eigenvalue weighted by molar-refractivity contribution is 6.74. The zero-order valence-electron chi connectivity index (χ0n) is 13.3. The SMILES string of the molecule is CCCC(N=CC(F)F)C(C)O[Si](C)(C)C(C)(C)C. The van der Waals surface area contributed by atoms with Crippen molar-refractivity contribution >= 4 is 14.5 Å². The van der Waals surface area contributed by atoms with Crippen LogP contribution in [0.5, 0.6) is 0 Å². The van der Waals surface area contributed by atoms with Gasteiger partial charge >= 0.3 is 0 Å². The van der Waals surface area contributed by atoms with Crippen LogP contribution < -0.4 is 0 Å². The van der Waals surface area contributed by atoms with Gasteiger partial charge in [-0.25, -0.2) is 8.78 Å². The molecule has 0 aromatic heterocycles. The van der Waals surface area contributed by atoms with E-state index < -0.39 is 14.7 Å². The molecule has 2 atom stereocenters. The van der Waals surface area contributed by atoms with Crippen LogP contribution >= 0.6 is 0 Å². The van der Waals surface area contributed by atoms with Crippen molar-refractivity contribution < 1.29 is 13.2 Å². The molecule has 0 bridgehead atoms. The van der Waals surface area contributed by atoms with Crippen molar-refractivity contribution in [3.63, 3.8) is 0 Å². The van der Waals surface area contributed by atoms with Crippen molar-refractivity contribution in [3.8, 4) is 0 Å². The van der Waals surface area contributed by atoms with Crippen LogP contribution in [0, 0.1) is 0 Å². The largest absolute Gasteiger partial charge is 0.412 e. The molecular weight excluding hydrogens is 264 g/mol. The maximum atomic E-state index is 12.2. The zero-order chi connectivity index (χ0) is 15.3. The van der Waals surface area contributed by atoms with Gasteiger partial charge in [-0.2, -0.15) is 0 Å². The Morgan fingerprint density at radius 2 is 1.79 bits per heavy atom. The minimum absolute atomic E-state index is 0.115. The van der Waals surface area contributed by atoms with Crippen molar-refractivity contribution in [2.75, 3.05) is 0 Å². The van der Waals surface area contributed by atoms with Gasteiger partial charge in [0.1, 0.15) is 0 Å². The molecule has 0 saturated heterocycles. The topological polar surface area (TPSA) is 21.6 Å². The summed E-state index contributed by atoms with van der Waals surface area (Å²) in [5, 5.41) is 0.116. The molecule has 0 N–H and O–H groups in total. The van der Waals surface area contributed by atoms with Crippen LogP contribution in [0.2, 0.25) is 18.1 Å². The molecule has 19 heavy (non-hydrogen) atoms. The average Bonchev–Trinajstić information content (AvgIpc) is 2.21. The second kappa shape index (κ2) is 7.48. The lowest BCUT2D eigenvalue weighted by Crippen LogP contribution is -2.45. The Labute approximate surface area is 117 Å². The van der Waals surface area contributed by atoms with Crippen LogP contribution in [-0.4, -0.2) is 33.1 Å². The summed E-state index contributed by atoms with van der Waals surface area (Å²) in [5.41, 5.74) is 0. The first-order chi connectivity index (χ1) is 8.51. The van der Waals surface area contributed by atoms with Crippen molar-refractivity contribution in [2.45, 2.75) is 84.2 Å². The molecule has 0 saturated carbocycles. The smallest absolute Gasteiger partial charge is 0.273 e. The summed E-state index contributed by atoms with van der Waals surface area (Å²) in [6.07, 6.45) is -0.170. The summed E-state index contributed by atoms with van der Waals surface area (Å²) in [6, 6.07) is -0.173. The fourth-order valence-corrected chi connectivity index (χ4v) is 3.06. The molecule has 0 aliphatic carbocycles. The summed E-state index contributed by atoms with van der Waals surface area (Å²) in [4.78, 5) is 4.00. The Hall–Kier alpha value is -0.293. The highest BCUT2D eigenvalue weighted by Crippen LogP contribution is 2.37. The van der Waals surface area contributed by atoms with Gasteiger partial charge in [0.25, 0.3) is 6.43 Å². The summed E-state index contributed by atoms with van der Waals surface area (Å²) < 4.78 is 30.7. The third-order valence-corrected chi connectivity index (χ3v) is 8.38. The lowest BCUT2D eigenvalue weighted by atomic mass is 10.1. The predicted octanol–water partition coefficient (Wildman–Crippen LogP) is 4.90. The molecule has 0 heterocycles. The van der Waals surface area contributed by atoms with E-state index in [0.29, 0.717) is 0 Å². The van der Waals surface area contributed by atoms with Gasteiger partial charge in [-0.3, -0.25) is 4.99 Å². The van der Waals surface area contributed by atoms with Crippen molar-refractivity contribution in [1.82, 2.24) is 0 Å². The predicted molar refractivity (Wildman–Crippen MR) is 80.9 cm³/mol. The fourth-order valence-electron chi connectivity index (χ4n) is 1.62. The van der Waals surface area contributed by atoms with Gasteiger partial charge in [0.2, 0.25) is 0 Å². The van der Waals surface area contributed by atoms with E-state index in [1.54, 1.807) is 0 Å². The van der Waals surface area contributed by atoms with Crippen LogP contribution in [-0.2, 0) is 4.43 Å². The van der Waals surface area contributed by atoms with E-state index in [1.165, 1.54) is 0 Å². The zero-order valence-corrected chi connectivity index (χ0v) is 14.3. The highest BCUT2D eigenvalue weighted by Gasteiger charge is 2.39. The first kappa shape index (κ1) is 18.7. The Kier molecular flexibility index (Phi) is 7.36. The minimum Gasteiger partial charge on any atom is -0.412 e. The van der Waals surface area contributed by atoms with Crippen molar-refractivity contribution in [1.29, 1.82) is 0 Å². The molecule has 2 unspecified atom stereocenters. The summed E-state index contributed by atoms with van der Waals surface area (Å²) >= 11 is 0. The van der Waals surface area contributed by atoms with Gasteiger partial charge in [0.05, 0.1) is 18.4 Å². The molecule has 0 fully saturated rings. The summed E-state index contributed by atoms with van der Waals surface area (Å²) in [5.74, 6) is 0. The Morgan fingerprint density at radius 1 is 1.26 bits per heavy atom. The van der Waals surface area contributed by atoms with Gasteiger partial charge < -0.3 is 4.43 Å². The van der Waals surface area contributed by atoms with Gasteiger partial charge in [-0.15, -0.1) is 0 Å². The second-order valence-corrected chi connectivity index (χ2v) is 11.3. The minimum atomic E-state index is -2.49. The van der Waals surface area contributed by atoms with Crippen molar-refractivity contribution in [2.24, 2.45) is 4.99 Å². The maximum absolute atomic E-state index is 12.2. The molecule has 2 nitrogen and oxygen atoms in total. The summed E-state index contributed by atoms with van der Waals surface area (Å²) in [7, 11) is -1.88. The Morgan fingerprint density at radius 3 is 2.16 bits per heavy atom. The molecule has 0 radical (unpaired) electrons. The van der Waals surface area contributed by atoms with Gasteiger partial charge in [-0.05, 0) is 31.5 Å². The van der Waals surface area contributed by atoms with E-state index in [4.69, 9.17) is 4.43 Å². The van der Waals surface area contributed by atoms with E-state index in [2.05, 4.69) is 38.9 Å². The third kappa shape index (κ3) is 6.61. The number of halogens is 2. The molecule has 0 amide bonds. The number of hydrogen-bond donors (Lipinski definition) is 0. The first-order valence-electron chi connectivity index (χ1n) is 7.00. The molecule has 0 aliphatic rings. The fraction of sp³-hybridized carbons (Fsp3) is 0.929. The molecule has 0 spiro atoms. The Bertz CT molecular complexity index is 288. The van der Waals surface area contributed by atoms with Crippen LogP contribution in [0.1, 0.15) is 47.5 Å². The van der Waals surface area contributed by atoms with Crippen LogP contribution in [0.4, 0.5) is 8.78 Å². The number of hydrogen-bond acceptors (Lipinski definition) is 2. The number of rotatable bonds is 7. The van der Waals surface area contributed by atoms with E-state index in [0.717, 1.165) is 19.1 Å². The molecule has 0 rings (SSSR count). The van der Waals surface area contributed by atoms with Crippen LogP contribution in [0.15, 0.2) is 4.99 Å². The van der Waals surface area contributed by atoms with E-state index >= 15 is 0 Å².